The van der Waals surface area contributed by atoms with Crippen molar-refractivity contribution in [2.75, 3.05) is 6.54 Å². The van der Waals surface area contributed by atoms with Crippen molar-refractivity contribution >= 4 is 28.7 Å². The number of nitrogens with zero attached hydrogens (tertiary/aromatic N) is 2. The highest BCUT2D eigenvalue weighted by molar-refractivity contribution is 6.20. The van der Waals surface area contributed by atoms with Gasteiger partial charge in [-0.2, -0.15) is 0 Å². The predicted molar refractivity (Wildman–Crippen MR) is 76.3 cm³/mol. The highest BCUT2D eigenvalue weighted by atomic mass is 35.5. The van der Waals surface area contributed by atoms with Crippen LogP contribution in [0.2, 0.25) is 0 Å². The summed E-state index contributed by atoms with van der Waals surface area (Å²) in [7, 11) is 0. The second-order valence-corrected chi connectivity index (χ2v) is 5.18. The van der Waals surface area contributed by atoms with Crippen molar-refractivity contribution in [2.24, 2.45) is 5.73 Å². The van der Waals surface area contributed by atoms with E-state index in [2.05, 4.69) is 16.4 Å². The van der Waals surface area contributed by atoms with Crippen LogP contribution < -0.4 is 11.1 Å². The number of aromatic nitrogens is 2. The maximum absolute atomic E-state index is 10.7. The Labute approximate surface area is 116 Å². The summed E-state index contributed by atoms with van der Waals surface area (Å²) in [5.74, 6) is 0.800. The van der Waals surface area contributed by atoms with E-state index in [0.29, 0.717) is 13.1 Å². The van der Waals surface area contributed by atoms with Crippen LogP contribution in [-0.4, -0.2) is 22.1 Å². The molecule has 2 rings (SSSR count). The van der Waals surface area contributed by atoms with Gasteiger partial charge in [-0.3, -0.25) is 0 Å². The number of hydrogen-bond acceptors (Lipinski definition) is 2. The number of benzene rings is 1. The van der Waals surface area contributed by atoms with Gasteiger partial charge in [-0.15, -0.1) is 11.6 Å². The van der Waals surface area contributed by atoms with Crippen LogP contribution in [0.25, 0.3) is 11.0 Å². The van der Waals surface area contributed by atoms with Gasteiger partial charge < -0.3 is 15.6 Å². The molecule has 5 nitrogen and oxygen atoms in total. The van der Waals surface area contributed by atoms with Crippen LogP contribution in [0.5, 0.6) is 0 Å². The highest BCUT2D eigenvalue weighted by Crippen LogP contribution is 2.25. The third-order valence-corrected chi connectivity index (χ3v) is 3.12. The molecule has 0 spiro atoms. The lowest BCUT2D eigenvalue weighted by molar-refractivity contribution is 0.248. The largest absolute Gasteiger partial charge is 0.352 e. The summed E-state index contributed by atoms with van der Waals surface area (Å²) >= 11 is 6.17. The van der Waals surface area contributed by atoms with Gasteiger partial charge in [0.1, 0.15) is 5.82 Å². The number of amides is 2. The molecule has 2 aromatic rings. The summed E-state index contributed by atoms with van der Waals surface area (Å²) in [5.41, 5.74) is 8.15. The van der Waals surface area contributed by atoms with Gasteiger partial charge in [-0.05, 0) is 31.5 Å². The van der Waals surface area contributed by atoms with Gasteiger partial charge in [-0.25, -0.2) is 9.78 Å². The lowest BCUT2D eigenvalue weighted by Crippen LogP contribution is -2.32. The first-order chi connectivity index (χ1) is 8.99. The second kappa shape index (κ2) is 5.48. The van der Waals surface area contributed by atoms with E-state index < -0.39 is 6.03 Å². The number of aryl methyl sites for hydroxylation is 1. The number of primary amides is 1. The zero-order valence-electron chi connectivity index (χ0n) is 11.0. The van der Waals surface area contributed by atoms with Crippen molar-refractivity contribution in [2.45, 2.75) is 25.8 Å². The van der Waals surface area contributed by atoms with Gasteiger partial charge in [0, 0.05) is 13.1 Å². The average Bonchev–Trinajstić information content (AvgIpc) is 2.67. The summed E-state index contributed by atoms with van der Waals surface area (Å²) in [5, 5.41) is 2.38. The second-order valence-electron chi connectivity index (χ2n) is 4.52. The maximum Gasteiger partial charge on any atom is 0.312 e. The first-order valence-corrected chi connectivity index (χ1v) is 6.57. The zero-order valence-corrected chi connectivity index (χ0v) is 11.7. The van der Waals surface area contributed by atoms with Gasteiger partial charge in [0.2, 0.25) is 0 Å². The monoisotopic (exact) mass is 280 g/mol. The molecular formula is C13H17ClN4O. The van der Waals surface area contributed by atoms with Crippen LogP contribution in [0.15, 0.2) is 18.2 Å². The number of fused-ring (bicyclic) bond motifs is 1. The molecule has 1 atom stereocenters. The molecule has 1 heterocycles. The molecule has 0 bridgehead atoms. The number of halogens is 1. The van der Waals surface area contributed by atoms with Crippen LogP contribution in [0, 0.1) is 6.92 Å². The van der Waals surface area contributed by atoms with Crippen molar-refractivity contribution in [3.8, 4) is 0 Å². The molecule has 1 aromatic heterocycles. The Morgan fingerprint density at radius 3 is 2.95 bits per heavy atom. The number of rotatable bonds is 4. The van der Waals surface area contributed by atoms with Gasteiger partial charge in [0.05, 0.1) is 16.4 Å². The van der Waals surface area contributed by atoms with E-state index in [1.54, 1.807) is 0 Å². The van der Waals surface area contributed by atoms with Crippen molar-refractivity contribution in [3.63, 3.8) is 0 Å². The minimum absolute atomic E-state index is 0.193. The smallest absolute Gasteiger partial charge is 0.312 e. The first-order valence-electron chi connectivity index (χ1n) is 6.13. The summed E-state index contributed by atoms with van der Waals surface area (Å²) in [4.78, 5) is 15.3. The van der Waals surface area contributed by atoms with Crippen LogP contribution >= 0.6 is 11.6 Å². The molecule has 0 saturated carbocycles. The molecule has 19 heavy (non-hydrogen) atoms. The molecule has 0 aliphatic heterocycles. The normalized spacial score (nSPS) is 12.6. The molecular weight excluding hydrogens is 264 g/mol. The molecule has 3 N–H and O–H groups in total. The lowest BCUT2D eigenvalue weighted by Gasteiger charge is -2.10. The third-order valence-electron chi connectivity index (χ3n) is 2.92. The van der Waals surface area contributed by atoms with Crippen molar-refractivity contribution in [3.05, 3.63) is 29.6 Å². The number of nitrogens with two attached hydrogens (primary N) is 1. The Morgan fingerprint density at radius 2 is 2.32 bits per heavy atom. The minimum Gasteiger partial charge on any atom is -0.352 e. The van der Waals surface area contributed by atoms with Crippen LogP contribution in [-0.2, 0) is 6.54 Å². The molecule has 2 amide bonds. The molecule has 1 unspecified atom stereocenters. The standard InChI is InChI=1S/C13H17ClN4O/c1-8-3-4-10-11(7-8)18(6-5-16-13(15)19)12(17-10)9(2)14/h3-4,7,9H,5-6H2,1-2H3,(H3,15,16,19). The molecule has 102 valence electrons. The minimum atomic E-state index is -0.527. The summed E-state index contributed by atoms with van der Waals surface area (Å²) in [6.07, 6.45) is 0. The Morgan fingerprint density at radius 1 is 1.58 bits per heavy atom. The Hall–Kier alpha value is -1.75. The first kappa shape index (κ1) is 13.7. The SMILES string of the molecule is Cc1ccc2nc(C(C)Cl)n(CCNC(N)=O)c2c1. The quantitative estimate of drug-likeness (QED) is 0.844. The summed E-state index contributed by atoms with van der Waals surface area (Å²) < 4.78 is 2.02. The molecule has 6 heteroatoms. The average molecular weight is 281 g/mol. The predicted octanol–water partition coefficient (Wildman–Crippen LogP) is 2.31. The van der Waals surface area contributed by atoms with Crippen LogP contribution in [0.4, 0.5) is 4.79 Å². The van der Waals surface area contributed by atoms with Crippen molar-refractivity contribution in [1.29, 1.82) is 0 Å². The topological polar surface area (TPSA) is 72.9 Å². The summed E-state index contributed by atoms with van der Waals surface area (Å²) in [6.45, 7) is 4.95. The van der Waals surface area contributed by atoms with E-state index >= 15 is 0 Å². The highest BCUT2D eigenvalue weighted by Gasteiger charge is 2.14. The molecule has 0 radical (unpaired) electrons. The number of imidazole rings is 1. The Bertz CT molecular complexity index is 606. The zero-order chi connectivity index (χ0) is 14.0. The van der Waals surface area contributed by atoms with Crippen molar-refractivity contribution < 1.29 is 4.79 Å². The van der Waals surface area contributed by atoms with E-state index in [0.717, 1.165) is 22.4 Å². The van der Waals surface area contributed by atoms with E-state index in [1.165, 1.54) is 0 Å². The van der Waals surface area contributed by atoms with E-state index in [-0.39, 0.29) is 5.38 Å². The number of alkyl halides is 1. The molecule has 0 saturated heterocycles. The van der Waals surface area contributed by atoms with Crippen LogP contribution in [0.3, 0.4) is 0 Å². The molecule has 1 aromatic carbocycles. The fraction of sp³-hybridized carbons (Fsp3) is 0.385. The number of carbonyl (C=O) groups excluding carboxylic acids is 1. The Balaban J connectivity index is 2.39. The third kappa shape index (κ3) is 2.98. The van der Waals surface area contributed by atoms with E-state index in [1.807, 2.05) is 30.5 Å². The van der Waals surface area contributed by atoms with Crippen molar-refractivity contribution in [1.82, 2.24) is 14.9 Å². The molecule has 0 fully saturated rings. The number of hydrogen-bond donors (Lipinski definition) is 2. The van der Waals surface area contributed by atoms with E-state index in [4.69, 9.17) is 17.3 Å². The van der Waals surface area contributed by atoms with Gasteiger partial charge in [0.15, 0.2) is 0 Å². The van der Waals surface area contributed by atoms with E-state index in [9.17, 15) is 4.79 Å². The number of urea groups is 1. The van der Waals surface area contributed by atoms with Gasteiger partial charge in [-0.1, -0.05) is 6.07 Å². The van der Waals surface area contributed by atoms with Crippen LogP contribution in [0.1, 0.15) is 23.7 Å². The molecule has 0 aliphatic rings. The van der Waals surface area contributed by atoms with Gasteiger partial charge in [0.25, 0.3) is 0 Å². The molecule has 0 aliphatic carbocycles. The summed E-state index contributed by atoms with van der Waals surface area (Å²) in [6, 6.07) is 5.53. The van der Waals surface area contributed by atoms with Gasteiger partial charge >= 0.3 is 6.03 Å². The fourth-order valence-corrected chi connectivity index (χ4v) is 2.25. The lowest BCUT2D eigenvalue weighted by atomic mass is 10.2. The number of nitrogens with one attached hydrogen (secondary N) is 1. The number of carbonyl (C=O) groups is 1. The Kier molecular flexibility index (Phi) is 3.95. The fourth-order valence-electron chi connectivity index (χ4n) is 2.08. The maximum atomic E-state index is 10.7.